The number of rotatable bonds is 2. The number of anilines is 1. The van der Waals surface area contributed by atoms with Gasteiger partial charge < -0.3 is 15.5 Å². The number of aromatic nitrogens is 3. The summed E-state index contributed by atoms with van der Waals surface area (Å²) >= 11 is 0. The molecule has 0 aliphatic carbocycles. The van der Waals surface area contributed by atoms with Crippen molar-refractivity contribution in [2.24, 2.45) is 0 Å². The molecule has 0 spiro atoms. The minimum Gasteiger partial charge on any atom is -0.384 e. The third kappa shape index (κ3) is 1.66. The molecular weight excluding hydrogens is 192 g/mol. The highest BCUT2D eigenvalue weighted by Crippen LogP contribution is 2.23. The Bertz CT molecular complexity index is 489. The quantitative estimate of drug-likeness (QED) is 0.779. The first kappa shape index (κ1) is 9.92. The first-order valence-electron chi connectivity index (χ1n) is 4.71. The average molecular weight is 206 g/mol. The first-order valence-corrected chi connectivity index (χ1v) is 4.71. The van der Waals surface area contributed by atoms with Crippen molar-refractivity contribution in [2.75, 3.05) is 12.8 Å². The maximum Gasteiger partial charge on any atom is 0.179 e. The lowest BCUT2D eigenvalue weighted by molar-refractivity contribution is 0.0124. The van der Waals surface area contributed by atoms with E-state index in [-0.39, 0.29) is 0 Å². The Labute approximate surface area is 87.7 Å². The summed E-state index contributed by atoms with van der Waals surface area (Å²) in [5.41, 5.74) is 6.62. The van der Waals surface area contributed by atoms with Crippen LogP contribution < -0.4 is 5.73 Å². The molecule has 0 bridgehead atoms. The summed E-state index contributed by atoms with van der Waals surface area (Å²) in [6.07, 6.45) is 0. The van der Waals surface area contributed by atoms with E-state index in [9.17, 15) is 0 Å². The Kier molecular flexibility index (Phi) is 2.12. The number of hydrogen-bond acceptors (Lipinski definition) is 4. The van der Waals surface area contributed by atoms with Gasteiger partial charge in [-0.1, -0.05) is 0 Å². The standard InChI is InChI=1S/C10H14N4O/c1-10(2,15-3)9-12-6-4-5-7(11)13-8(6)14-9/h4-5H,1-3H3,(H3,11,12,13,14). The SMILES string of the molecule is COC(C)(C)c1nc2nc(N)ccc2[nH]1. The number of imidazole rings is 1. The largest absolute Gasteiger partial charge is 0.384 e. The minimum absolute atomic E-state index is 0.449. The fourth-order valence-electron chi connectivity index (χ4n) is 1.29. The van der Waals surface area contributed by atoms with E-state index >= 15 is 0 Å². The Balaban J connectivity index is 2.56. The number of nitrogen functional groups attached to an aromatic ring is 1. The van der Waals surface area contributed by atoms with Crippen molar-refractivity contribution in [3.05, 3.63) is 18.0 Å². The van der Waals surface area contributed by atoms with E-state index in [0.29, 0.717) is 11.5 Å². The normalized spacial score (nSPS) is 12.2. The number of methoxy groups -OCH3 is 1. The van der Waals surface area contributed by atoms with Crippen LogP contribution in [0.2, 0.25) is 0 Å². The summed E-state index contributed by atoms with van der Waals surface area (Å²) in [5, 5.41) is 0. The van der Waals surface area contributed by atoms with Gasteiger partial charge in [0.05, 0.1) is 5.52 Å². The number of H-pyrrole nitrogens is 1. The van der Waals surface area contributed by atoms with Crippen molar-refractivity contribution in [2.45, 2.75) is 19.4 Å². The molecule has 5 nitrogen and oxygen atoms in total. The van der Waals surface area contributed by atoms with Crippen molar-refractivity contribution in [3.63, 3.8) is 0 Å². The van der Waals surface area contributed by atoms with Crippen LogP contribution in [0.25, 0.3) is 11.2 Å². The molecule has 0 saturated carbocycles. The molecule has 3 N–H and O–H groups in total. The van der Waals surface area contributed by atoms with Gasteiger partial charge >= 0.3 is 0 Å². The van der Waals surface area contributed by atoms with Gasteiger partial charge in [0.1, 0.15) is 17.2 Å². The van der Waals surface area contributed by atoms with Crippen LogP contribution in [0.3, 0.4) is 0 Å². The number of nitrogens with one attached hydrogen (secondary N) is 1. The molecule has 0 aromatic carbocycles. The highest BCUT2D eigenvalue weighted by molar-refractivity contribution is 5.72. The van der Waals surface area contributed by atoms with E-state index in [2.05, 4.69) is 15.0 Å². The van der Waals surface area contributed by atoms with Gasteiger partial charge in [0.15, 0.2) is 5.65 Å². The maximum atomic E-state index is 5.58. The lowest BCUT2D eigenvalue weighted by Crippen LogP contribution is -2.21. The second-order valence-corrected chi connectivity index (χ2v) is 3.91. The number of nitrogens with two attached hydrogens (primary N) is 1. The zero-order valence-corrected chi connectivity index (χ0v) is 9.03. The summed E-state index contributed by atoms with van der Waals surface area (Å²) in [5.74, 6) is 1.22. The molecule has 15 heavy (non-hydrogen) atoms. The van der Waals surface area contributed by atoms with Crippen LogP contribution in [0.15, 0.2) is 12.1 Å². The van der Waals surface area contributed by atoms with Crippen molar-refractivity contribution in [1.82, 2.24) is 15.0 Å². The molecule has 80 valence electrons. The lowest BCUT2D eigenvalue weighted by Gasteiger charge is -2.19. The molecule has 2 heterocycles. The molecule has 2 aromatic heterocycles. The van der Waals surface area contributed by atoms with Gasteiger partial charge in [-0.15, -0.1) is 0 Å². The number of pyridine rings is 1. The highest BCUT2D eigenvalue weighted by Gasteiger charge is 2.23. The first-order chi connectivity index (χ1) is 7.03. The third-order valence-corrected chi connectivity index (χ3v) is 2.45. The molecule has 0 fully saturated rings. The second-order valence-electron chi connectivity index (χ2n) is 3.91. The number of nitrogens with zero attached hydrogens (tertiary/aromatic N) is 2. The number of hydrogen-bond donors (Lipinski definition) is 2. The molecular formula is C10H14N4O. The Hall–Kier alpha value is -1.62. The van der Waals surface area contributed by atoms with E-state index < -0.39 is 5.60 Å². The van der Waals surface area contributed by atoms with Crippen LogP contribution in [0, 0.1) is 0 Å². The van der Waals surface area contributed by atoms with Crippen molar-refractivity contribution in [3.8, 4) is 0 Å². The van der Waals surface area contributed by atoms with Gasteiger partial charge in [0.2, 0.25) is 0 Å². The number of aromatic amines is 1. The van der Waals surface area contributed by atoms with E-state index in [0.717, 1.165) is 11.3 Å². The predicted molar refractivity (Wildman–Crippen MR) is 58.3 cm³/mol. The Morgan fingerprint density at radius 2 is 2.07 bits per heavy atom. The van der Waals surface area contributed by atoms with Gasteiger partial charge in [0.25, 0.3) is 0 Å². The van der Waals surface area contributed by atoms with E-state index in [4.69, 9.17) is 10.5 Å². The average Bonchev–Trinajstić information content (AvgIpc) is 2.61. The van der Waals surface area contributed by atoms with Crippen LogP contribution in [-0.4, -0.2) is 22.1 Å². The van der Waals surface area contributed by atoms with E-state index in [1.807, 2.05) is 19.9 Å². The van der Waals surface area contributed by atoms with Gasteiger partial charge in [-0.25, -0.2) is 9.97 Å². The fraction of sp³-hybridized carbons (Fsp3) is 0.400. The van der Waals surface area contributed by atoms with Crippen LogP contribution in [0.4, 0.5) is 5.82 Å². The van der Waals surface area contributed by atoms with E-state index in [1.165, 1.54) is 0 Å². The lowest BCUT2D eigenvalue weighted by atomic mass is 10.1. The predicted octanol–water partition coefficient (Wildman–Crippen LogP) is 1.42. The van der Waals surface area contributed by atoms with Gasteiger partial charge in [-0.05, 0) is 26.0 Å². The van der Waals surface area contributed by atoms with Crippen LogP contribution in [0.5, 0.6) is 0 Å². The monoisotopic (exact) mass is 206 g/mol. The molecule has 2 aromatic rings. The summed E-state index contributed by atoms with van der Waals surface area (Å²) in [4.78, 5) is 11.6. The van der Waals surface area contributed by atoms with Crippen molar-refractivity contribution >= 4 is 17.0 Å². The molecule has 0 saturated heterocycles. The van der Waals surface area contributed by atoms with Gasteiger partial charge in [0, 0.05) is 7.11 Å². The summed E-state index contributed by atoms with van der Waals surface area (Å²) in [6, 6.07) is 3.60. The van der Waals surface area contributed by atoms with Crippen molar-refractivity contribution in [1.29, 1.82) is 0 Å². The second kappa shape index (κ2) is 3.20. The number of ether oxygens (including phenoxy) is 1. The van der Waals surface area contributed by atoms with Crippen LogP contribution >= 0.6 is 0 Å². The van der Waals surface area contributed by atoms with Crippen LogP contribution in [-0.2, 0) is 10.3 Å². The molecule has 0 unspecified atom stereocenters. The molecule has 0 radical (unpaired) electrons. The van der Waals surface area contributed by atoms with Crippen LogP contribution in [0.1, 0.15) is 19.7 Å². The zero-order valence-electron chi connectivity index (χ0n) is 9.03. The van der Waals surface area contributed by atoms with Crippen molar-refractivity contribution < 1.29 is 4.74 Å². The highest BCUT2D eigenvalue weighted by atomic mass is 16.5. The number of fused-ring (bicyclic) bond motifs is 1. The summed E-state index contributed by atoms with van der Waals surface area (Å²) < 4.78 is 5.33. The summed E-state index contributed by atoms with van der Waals surface area (Å²) in [7, 11) is 1.65. The molecule has 5 heteroatoms. The third-order valence-electron chi connectivity index (χ3n) is 2.45. The summed E-state index contributed by atoms with van der Waals surface area (Å²) in [6.45, 7) is 3.88. The topological polar surface area (TPSA) is 76.8 Å². The minimum atomic E-state index is -0.449. The Morgan fingerprint density at radius 3 is 2.73 bits per heavy atom. The molecule has 0 atom stereocenters. The van der Waals surface area contributed by atoms with Gasteiger partial charge in [-0.3, -0.25) is 0 Å². The molecule has 0 aliphatic heterocycles. The van der Waals surface area contributed by atoms with E-state index in [1.54, 1.807) is 13.2 Å². The fourth-order valence-corrected chi connectivity index (χ4v) is 1.29. The maximum absolute atomic E-state index is 5.58. The van der Waals surface area contributed by atoms with Gasteiger partial charge in [-0.2, -0.15) is 0 Å². The zero-order chi connectivity index (χ0) is 11.1. The Morgan fingerprint density at radius 1 is 1.33 bits per heavy atom. The molecule has 0 aliphatic rings. The smallest absolute Gasteiger partial charge is 0.179 e. The molecule has 2 rings (SSSR count). The molecule has 0 amide bonds.